The van der Waals surface area contributed by atoms with E-state index in [2.05, 4.69) is 61.1 Å². The number of halogens is 1. The minimum Gasteiger partial charge on any atom is -0.491 e. The van der Waals surface area contributed by atoms with Gasteiger partial charge in [-0.05, 0) is 103 Å². The molecule has 1 spiro atoms. The summed E-state index contributed by atoms with van der Waals surface area (Å²) in [6.45, 7) is 22.9. The third-order valence-corrected chi connectivity index (χ3v) is 15.8. The normalized spacial score (nSPS) is 19.2. The first-order chi connectivity index (χ1) is 22.2. The largest absolute Gasteiger partial charge is 0.491 e. The van der Waals surface area contributed by atoms with Crippen molar-refractivity contribution >= 4 is 25.7 Å². The van der Waals surface area contributed by atoms with Gasteiger partial charge in [-0.3, -0.25) is 0 Å². The van der Waals surface area contributed by atoms with Gasteiger partial charge < -0.3 is 28.8 Å². The molecule has 1 saturated carbocycles. The molecule has 6 rings (SSSR count). The van der Waals surface area contributed by atoms with E-state index < -0.39 is 8.32 Å². The van der Waals surface area contributed by atoms with Crippen LogP contribution in [0.1, 0.15) is 63.5 Å². The molecule has 0 amide bonds. The third-order valence-electron chi connectivity index (χ3n) is 11.0. The summed E-state index contributed by atoms with van der Waals surface area (Å²) in [7, 11) is -0.0337. The molecule has 47 heavy (non-hydrogen) atoms. The molecule has 256 valence electrons. The van der Waals surface area contributed by atoms with Crippen LogP contribution in [0.2, 0.25) is 23.2 Å². The molecule has 1 N–H and O–H groups in total. The molecule has 2 aliphatic heterocycles. The Balaban J connectivity index is 1.28. The number of rotatable bonds is 11. The Morgan fingerprint density at radius 2 is 1.81 bits per heavy atom. The van der Waals surface area contributed by atoms with E-state index in [1.165, 1.54) is 38.8 Å². The number of likely N-dealkylation sites (N-methyl/N-ethyl adjacent to an activating group) is 1. The van der Waals surface area contributed by atoms with Gasteiger partial charge in [0, 0.05) is 42.2 Å². The lowest BCUT2D eigenvalue weighted by Gasteiger charge is -2.55. The van der Waals surface area contributed by atoms with E-state index in [0.29, 0.717) is 35.2 Å². The van der Waals surface area contributed by atoms with Gasteiger partial charge in [0.15, 0.2) is 14.1 Å². The van der Waals surface area contributed by atoms with Gasteiger partial charge in [-0.15, -0.1) is 0 Å². The minimum atomic E-state index is -1.98. The molecule has 0 radical (unpaired) electrons. The van der Waals surface area contributed by atoms with E-state index in [-0.39, 0.29) is 11.1 Å². The summed E-state index contributed by atoms with van der Waals surface area (Å²) < 4.78 is 18.7. The van der Waals surface area contributed by atoms with Crippen molar-refractivity contribution in [3.63, 3.8) is 0 Å². The second kappa shape index (κ2) is 13.1. The summed E-state index contributed by atoms with van der Waals surface area (Å²) in [5, 5.41) is 8.21. The fourth-order valence-electron chi connectivity index (χ4n) is 6.94. The summed E-state index contributed by atoms with van der Waals surface area (Å²) in [4.78, 5) is 15.5. The molecule has 1 aliphatic carbocycles. The number of aryl methyl sites for hydroxylation is 2. The standard InChI is InChI=1S/C36H53ClN6O3Si/c1-23-32(31-24(2)41-45-25(31)3)39-33(40-34(23)43-21-36(22-43)14-16-42(17-15-36)26-10-11-26)29-18-27(12-13-30(29)37)44-20-28(19-38-7)46-47(8,9)35(4,5)6/h12-13,18,26,28,38H,10-11,14-17,19-22H2,1-9H3/t28-/m1/s1. The highest BCUT2D eigenvalue weighted by Crippen LogP contribution is 2.46. The second-order valence-electron chi connectivity index (χ2n) is 15.7. The highest BCUT2D eigenvalue weighted by molar-refractivity contribution is 6.74. The van der Waals surface area contributed by atoms with E-state index in [4.69, 9.17) is 35.3 Å². The number of anilines is 1. The molecule has 2 saturated heterocycles. The Morgan fingerprint density at radius 3 is 2.40 bits per heavy atom. The summed E-state index contributed by atoms with van der Waals surface area (Å²) in [5.74, 6) is 2.98. The number of hydrogen-bond donors (Lipinski definition) is 1. The SMILES string of the molecule is CNC[C@H](COc1ccc(Cl)c(-c2nc(-c3c(C)noc3C)c(C)c(N3CC4(CCN(C5CC5)CC4)C3)n2)c1)O[Si](C)(C)C(C)(C)C. The van der Waals surface area contributed by atoms with Gasteiger partial charge in [-0.2, -0.15) is 0 Å². The van der Waals surface area contributed by atoms with Crippen LogP contribution in [-0.4, -0.2) is 86.9 Å². The van der Waals surface area contributed by atoms with E-state index in [1.807, 2.05) is 39.1 Å². The van der Waals surface area contributed by atoms with Crippen molar-refractivity contribution in [2.24, 2.45) is 5.41 Å². The van der Waals surface area contributed by atoms with Crippen molar-refractivity contribution in [3.05, 3.63) is 40.2 Å². The number of aromatic nitrogens is 3. The average Bonchev–Trinajstić information content (AvgIpc) is 3.79. The number of hydrogen-bond acceptors (Lipinski definition) is 9. The average molecular weight is 681 g/mol. The van der Waals surface area contributed by atoms with Crippen LogP contribution in [0.4, 0.5) is 5.82 Å². The molecule has 9 nitrogen and oxygen atoms in total. The third kappa shape index (κ3) is 7.13. The van der Waals surface area contributed by atoms with Crippen molar-refractivity contribution in [1.82, 2.24) is 25.3 Å². The van der Waals surface area contributed by atoms with E-state index >= 15 is 0 Å². The van der Waals surface area contributed by atoms with Gasteiger partial charge in [-0.25, -0.2) is 9.97 Å². The Kier molecular flexibility index (Phi) is 9.56. The van der Waals surface area contributed by atoms with Gasteiger partial charge in [0.25, 0.3) is 0 Å². The number of benzene rings is 1. The Hall–Kier alpha value is -2.50. The predicted octanol–water partition coefficient (Wildman–Crippen LogP) is 7.43. The van der Waals surface area contributed by atoms with Crippen LogP contribution in [0.15, 0.2) is 22.7 Å². The fraction of sp³-hybridized carbons (Fsp3) is 0.639. The van der Waals surface area contributed by atoms with Crippen LogP contribution in [0.25, 0.3) is 22.6 Å². The highest BCUT2D eigenvalue weighted by atomic mass is 35.5. The molecular weight excluding hydrogens is 628 g/mol. The molecule has 1 atom stereocenters. The molecule has 11 heteroatoms. The fourth-order valence-corrected chi connectivity index (χ4v) is 8.48. The van der Waals surface area contributed by atoms with Gasteiger partial charge in [0.1, 0.15) is 23.9 Å². The number of piperidine rings is 1. The first-order valence-corrected chi connectivity index (χ1v) is 20.5. The second-order valence-corrected chi connectivity index (χ2v) is 20.8. The van der Waals surface area contributed by atoms with Gasteiger partial charge in [0.05, 0.1) is 28.1 Å². The smallest absolute Gasteiger partial charge is 0.192 e. The zero-order valence-electron chi connectivity index (χ0n) is 29.8. The van der Waals surface area contributed by atoms with Crippen molar-refractivity contribution in [2.45, 2.75) is 97.5 Å². The summed E-state index contributed by atoms with van der Waals surface area (Å²) in [6.07, 6.45) is 5.19. The highest BCUT2D eigenvalue weighted by Gasteiger charge is 2.47. The van der Waals surface area contributed by atoms with Crippen LogP contribution in [0.3, 0.4) is 0 Å². The molecule has 0 bridgehead atoms. The molecular formula is C36H53ClN6O3Si. The summed E-state index contributed by atoms with van der Waals surface area (Å²) in [5.41, 5.74) is 4.71. The van der Waals surface area contributed by atoms with Crippen LogP contribution in [-0.2, 0) is 4.43 Å². The maximum Gasteiger partial charge on any atom is 0.192 e. The van der Waals surface area contributed by atoms with E-state index in [0.717, 1.165) is 58.8 Å². The first-order valence-electron chi connectivity index (χ1n) is 17.3. The predicted molar refractivity (Wildman–Crippen MR) is 192 cm³/mol. The molecule has 3 aromatic rings. The number of ether oxygens (including phenoxy) is 1. The first kappa shape index (κ1) is 34.4. The van der Waals surface area contributed by atoms with Gasteiger partial charge in [0.2, 0.25) is 0 Å². The zero-order chi connectivity index (χ0) is 33.7. The van der Waals surface area contributed by atoms with Crippen LogP contribution < -0.4 is 15.0 Å². The summed E-state index contributed by atoms with van der Waals surface area (Å²) in [6, 6.07) is 6.59. The lowest BCUT2D eigenvalue weighted by Crippen LogP contribution is -2.61. The van der Waals surface area contributed by atoms with Crippen LogP contribution in [0, 0.1) is 26.2 Å². The summed E-state index contributed by atoms with van der Waals surface area (Å²) >= 11 is 6.89. The molecule has 3 fully saturated rings. The Bertz CT molecular complexity index is 1560. The van der Waals surface area contributed by atoms with Crippen molar-refractivity contribution in [3.8, 4) is 28.4 Å². The van der Waals surface area contributed by atoms with Gasteiger partial charge >= 0.3 is 0 Å². The Morgan fingerprint density at radius 1 is 1.11 bits per heavy atom. The van der Waals surface area contributed by atoms with Crippen molar-refractivity contribution < 1.29 is 13.7 Å². The molecule has 4 heterocycles. The lowest BCUT2D eigenvalue weighted by molar-refractivity contribution is 0.0716. The Labute approximate surface area is 286 Å². The number of nitrogens with zero attached hydrogens (tertiary/aromatic N) is 5. The molecule has 1 aromatic carbocycles. The quantitative estimate of drug-likeness (QED) is 0.208. The van der Waals surface area contributed by atoms with Crippen molar-refractivity contribution in [1.29, 1.82) is 0 Å². The minimum absolute atomic E-state index is 0.0803. The number of likely N-dealkylation sites (tertiary alicyclic amines) is 1. The van der Waals surface area contributed by atoms with E-state index in [9.17, 15) is 0 Å². The molecule has 0 unspecified atom stereocenters. The number of nitrogens with one attached hydrogen (secondary N) is 1. The maximum absolute atomic E-state index is 6.89. The maximum atomic E-state index is 6.89. The monoisotopic (exact) mass is 680 g/mol. The lowest BCUT2D eigenvalue weighted by atomic mass is 9.72. The van der Waals surface area contributed by atoms with Crippen molar-refractivity contribution in [2.75, 3.05) is 51.3 Å². The van der Waals surface area contributed by atoms with Gasteiger partial charge in [-0.1, -0.05) is 37.5 Å². The molecule has 3 aliphatic rings. The topological polar surface area (TPSA) is 88.8 Å². The van der Waals surface area contributed by atoms with Crippen LogP contribution >= 0.6 is 11.6 Å². The molecule has 2 aromatic heterocycles. The van der Waals surface area contributed by atoms with E-state index in [1.54, 1.807) is 0 Å². The zero-order valence-corrected chi connectivity index (χ0v) is 31.6. The van der Waals surface area contributed by atoms with Crippen LogP contribution in [0.5, 0.6) is 5.75 Å².